The van der Waals surface area contributed by atoms with E-state index in [1.165, 1.54) is 4.90 Å². The second-order valence-corrected chi connectivity index (χ2v) is 5.12. The van der Waals surface area contributed by atoms with E-state index in [1.807, 2.05) is 12.4 Å². The van der Waals surface area contributed by atoms with Crippen molar-refractivity contribution in [3.63, 3.8) is 0 Å². The number of aromatic nitrogens is 1. The summed E-state index contributed by atoms with van der Waals surface area (Å²) >= 11 is 1.75. The van der Waals surface area contributed by atoms with Crippen LogP contribution >= 0.6 is 11.8 Å². The Morgan fingerprint density at radius 2 is 1.79 bits per heavy atom. The zero-order valence-electron chi connectivity index (χ0n) is 11.3. The zero-order valence-corrected chi connectivity index (χ0v) is 12.1. The molecule has 0 saturated heterocycles. The van der Waals surface area contributed by atoms with E-state index >= 15 is 0 Å². The minimum Gasteiger partial charge on any atom is -0.384 e. The van der Waals surface area contributed by atoms with Crippen LogP contribution in [0.3, 0.4) is 0 Å². The van der Waals surface area contributed by atoms with Crippen molar-refractivity contribution in [2.45, 2.75) is 18.2 Å². The molecule has 100 valence electrons. The Morgan fingerprint density at radius 3 is 2.47 bits per heavy atom. The molecule has 0 aliphatic heterocycles. The molecule has 2 aromatic rings. The van der Waals surface area contributed by atoms with Crippen LogP contribution in [0.1, 0.15) is 13.3 Å². The first-order chi connectivity index (χ1) is 9.31. The molecule has 0 saturated carbocycles. The summed E-state index contributed by atoms with van der Waals surface area (Å²) in [5.41, 5.74) is 3.12. The maximum Gasteiger partial charge on any atom is 0.0591 e. The Bertz CT molecular complexity index is 511. The van der Waals surface area contributed by atoms with Gasteiger partial charge in [-0.05, 0) is 43.0 Å². The quantitative estimate of drug-likeness (QED) is 0.766. The summed E-state index contributed by atoms with van der Waals surface area (Å²) in [6, 6.07) is 10.5. The van der Waals surface area contributed by atoms with Crippen LogP contribution in [0.2, 0.25) is 0 Å². The van der Waals surface area contributed by atoms with Crippen molar-refractivity contribution >= 4 is 28.8 Å². The molecule has 4 heteroatoms. The van der Waals surface area contributed by atoms with Crippen LogP contribution in [-0.2, 0) is 0 Å². The number of benzene rings is 1. The molecular weight excluding hydrogens is 254 g/mol. The summed E-state index contributed by atoms with van der Waals surface area (Å²) in [6.45, 7) is 3.11. The highest BCUT2D eigenvalue weighted by molar-refractivity contribution is 7.98. The SMILES string of the molecule is CCCNc1cncc(Nc2ccc(SC)cc2)c1. The largest absolute Gasteiger partial charge is 0.384 e. The Balaban J connectivity index is 2.05. The molecule has 0 radical (unpaired) electrons. The molecule has 0 aliphatic rings. The Morgan fingerprint density at radius 1 is 1.05 bits per heavy atom. The highest BCUT2D eigenvalue weighted by Crippen LogP contribution is 2.21. The number of nitrogens with zero attached hydrogens (tertiary/aromatic N) is 1. The molecule has 19 heavy (non-hydrogen) atoms. The van der Waals surface area contributed by atoms with Crippen LogP contribution in [0.5, 0.6) is 0 Å². The highest BCUT2D eigenvalue weighted by atomic mass is 32.2. The average Bonchev–Trinajstić information content (AvgIpc) is 2.46. The molecule has 2 rings (SSSR count). The average molecular weight is 273 g/mol. The van der Waals surface area contributed by atoms with Crippen LogP contribution < -0.4 is 10.6 Å². The van der Waals surface area contributed by atoms with Crippen LogP contribution in [0.25, 0.3) is 0 Å². The standard InChI is InChI=1S/C15H19N3S/c1-3-8-17-13-9-14(11-16-10-13)18-12-4-6-15(19-2)7-5-12/h4-7,9-11,17-18H,3,8H2,1-2H3. The van der Waals surface area contributed by atoms with Crippen LogP contribution in [0.15, 0.2) is 47.6 Å². The van der Waals surface area contributed by atoms with Gasteiger partial charge in [-0.25, -0.2) is 0 Å². The molecular formula is C15H19N3S. The third-order valence-electron chi connectivity index (χ3n) is 2.70. The number of hydrogen-bond donors (Lipinski definition) is 2. The lowest BCUT2D eigenvalue weighted by atomic mass is 10.3. The molecule has 0 aliphatic carbocycles. The summed E-state index contributed by atoms with van der Waals surface area (Å²) in [5.74, 6) is 0. The summed E-state index contributed by atoms with van der Waals surface area (Å²) in [7, 11) is 0. The Hall–Kier alpha value is -1.68. The normalized spacial score (nSPS) is 10.2. The van der Waals surface area contributed by atoms with Gasteiger partial charge in [-0.15, -0.1) is 11.8 Å². The lowest BCUT2D eigenvalue weighted by Crippen LogP contribution is -2.00. The molecule has 1 heterocycles. The molecule has 0 amide bonds. The molecule has 3 nitrogen and oxygen atoms in total. The molecule has 0 atom stereocenters. The number of pyridine rings is 1. The van der Waals surface area contributed by atoms with Gasteiger partial charge in [-0.2, -0.15) is 0 Å². The first kappa shape index (κ1) is 13.7. The minimum atomic E-state index is 0.966. The predicted octanol–water partition coefficient (Wildman–Crippen LogP) is 4.37. The van der Waals surface area contributed by atoms with Gasteiger partial charge in [0.05, 0.1) is 23.8 Å². The van der Waals surface area contributed by atoms with Crippen molar-refractivity contribution in [2.75, 3.05) is 23.4 Å². The van der Waals surface area contributed by atoms with Crippen molar-refractivity contribution in [3.05, 3.63) is 42.7 Å². The van der Waals surface area contributed by atoms with Gasteiger partial charge < -0.3 is 10.6 Å². The maximum atomic E-state index is 4.24. The fourth-order valence-corrected chi connectivity index (χ4v) is 2.12. The first-order valence-corrected chi connectivity index (χ1v) is 7.64. The van der Waals surface area contributed by atoms with E-state index in [0.29, 0.717) is 0 Å². The second kappa shape index (κ2) is 7.04. The van der Waals surface area contributed by atoms with Gasteiger partial charge in [0.1, 0.15) is 0 Å². The van der Waals surface area contributed by atoms with Crippen molar-refractivity contribution in [1.82, 2.24) is 4.98 Å². The van der Waals surface area contributed by atoms with E-state index < -0.39 is 0 Å². The van der Waals surface area contributed by atoms with Crippen molar-refractivity contribution in [3.8, 4) is 0 Å². The van der Waals surface area contributed by atoms with E-state index in [1.54, 1.807) is 11.8 Å². The maximum absolute atomic E-state index is 4.24. The first-order valence-electron chi connectivity index (χ1n) is 6.42. The number of rotatable bonds is 6. The third-order valence-corrected chi connectivity index (χ3v) is 3.44. The Kier molecular flexibility index (Phi) is 5.10. The topological polar surface area (TPSA) is 37.0 Å². The summed E-state index contributed by atoms with van der Waals surface area (Å²) in [6.07, 6.45) is 6.86. The van der Waals surface area contributed by atoms with Gasteiger partial charge >= 0.3 is 0 Å². The minimum absolute atomic E-state index is 0.966. The monoisotopic (exact) mass is 273 g/mol. The van der Waals surface area contributed by atoms with Crippen molar-refractivity contribution in [2.24, 2.45) is 0 Å². The lowest BCUT2D eigenvalue weighted by Gasteiger charge is -2.09. The summed E-state index contributed by atoms with van der Waals surface area (Å²) in [4.78, 5) is 5.50. The van der Waals surface area contributed by atoms with E-state index in [-0.39, 0.29) is 0 Å². The smallest absolute Gasteiger partial charge is 0.0591 e. The fourth-order valence-electron chi connectivity index (χ4n) is 1.72. The Labute approximate surface area is 118 Å². The molecule has 2 N–H and O–H groups in total. The molecule has 0 bridgehead atoms. The number of thioether (sulfide) groups is 1. The van der Waals surface area contributed by atoms with Crippen molar-refractivity contribution < 1.29 is 0 Å². The van der Waals surface area contributed by atoms with Gasteiger partial charge in [0.25, 0.3) is 0 Å². The van der Waals surface area contributed by atoms with Gasteiger partial charge in [0.2, 0.25) is 0 Å². The highest BCUT2D eigenvalue weighted by Gasteiger charge is 1.98. The molecule has 0 unspecified atom stereocenters. The third kappa shape index (κ3) is 4.17. The fraction of sp³-hybridized carbons (Fsp3) is 0.267. The van der Waals surface area contributed by atoms with Gasteiger partial charge in [0, 0.05) is 17.1 Å². The zero-order chi connectivity index (χ0) is 13.5. The van der Waals surface area contributed by atoms with Crippen molar-refractivity contribution in [1.29, 1.82) is 0 Å². The molecule has 1 aromatic heterocycles. The summed E-state index contributed by atoms with van der Waals surface area (Å²) in [5, 5.41) is 6.69. The van der Waals surface area contributed by atoms with Gasteiger partial charge in [-0.1, -0.05) is 6.92 Å². The molecule has 0 fully saturated rings. The van der Waals surface area contributed by atoms with Crippen LogP contribution in [-0.4, -0.2) is 17.8 Å². The predicted molar refractivity (Wildman–Crippen MR) is 84.5 cm³/mol. The lowest BCUT2D eigenvalue weighted by molar-refractivity contribution is 0.978. The van der Waals surface area contributed by atoms with Crippen LogP contribution in [0.4, 0.5) is 17.1 Å². The van der Waals surface area contributed by atoms with E-state index in [0.717, 1.165) is 30.0 Å². The molecule has 1 aromatic carbocycles. The summed E-state index contributed by atoms with van der Waals surface area (Å²) < 4.78 is 0. The molecule has 0 spiro atoms. The second-order valence-electron chi connectivity index (χ2n) is 4.24. The van der Waals surface area contributed by atoms with Gasteiger partial charge in [0.15, 0.2) is 0 Å². The van der Waals surface area contributed by atoms with E-state index in [2.05, 4.69) is 59.1 Å². The van der Waals surface area contributed by atoms with E-state index in [9.17, 15) is 0 Å². The number of anilines is 3. The van der Waals surface area contributed by atoms with Gasteiger partial charge in [-0.3, -0.25) is 4.98 Å². The number of nitrogens with one attached hydrogen (secondary N) is 2. The van der Waals surface area contributed by atoms with Crippen LogP contribution in [0, 0.1) is 0 Å². The number of hydrogen-bond acceptors (Lipinski definition) is 4. The van der Waals surface area contributed by atoms with E-state index in [4.69, 9.17) is 0 Å².